The van der Waals surface area contributed by atoms with Crippen LogP contribution in [0.1, 0.15) is 12.5 Å². The third kappa shape index (κ3) is 3.22. The van der Waals surface area contributed by atoms with Crippen LogP contribution in [0, 0.1) is 31.6 Å². The van der Waals surface area contributed by atoms with E-state index in [0.29, 0.717) is 0 Å². The number of nitro benzene ring substituents is 2. The molecule has 11 heteroatoms. The van der Waals surface area contributed by atoms with Gasteiger partial charge in [-0.3, -0.25) is 20.2 Å². The zero-order chi connectivity index (χ0) is 17.2. The summed E-state index contributed by atoms with van der Waals surface area (Å²) in [6.45, 7) is 1.30. The van der Waals surface area contributed by atoms with Gasteiger partial charge < -0.3 is 4.90 Å². The third-order valence-electron chi connectivity index (χ3n) is 2.91. The van der Waals surface area contributed by atoms with Crippen LogP contribution in [0.15, 0.2) is 12.1 Å². The molecule has 0 N–H and O–H groups in total. The number of rotatable bonds is 4. The Morgan fingerprint density at radius 1 is 1.23 bits per heavy atom. The molecule has 0 spiro atoms. The van der Waals surface area contributed by atoms with E-state index >= 15 is 0 Å². The van der Waals surface area contributed by atoms with Crippen LogP contribution < -0.4 is 4.90 Å². The first-order valence-corrected chi connectivity index (χ1v) is 5.67. The average Bonchev–Trinajstić information content (AvgIpc) is 2.42. The lowest BCUT2D eigenvalue weighted by molar-refractivity contribution is -0.393. The number of hydrogen-bond acceptors (Lipinski definition) is 6. The van der Waals surface area contributed by atoms with Crippen molar-refractivity contribution in [1.29, 1.82) is 5.26 Å². The van der Waals surface area contributed by atoms with Gasteiger partial charge in [-0.2, -0.15) is 18.4 Å². The van der Waals surface area contributed by atoms with Gasteiger partial charge in [-0.15, -0.1) is 0 Å². The average molecular weight is 318 g/mol. The molecule has 0 saturated heterocycles. The van der Waals surface area contributed by atoms with E-state index in [9.17, 15) is 33.4 Å². The first-order valence-electron chi connectivity index (χ1n) is 5.67. The number of nitro groups is 2. The Morgan fingerprint density at radius 2 is 1.64 bits per heavy atom. The summed E-state index contributed by atoms with van der Waals surface area (Å²) >= 11 is 0. The number of benzene rings is 1. The van der Waals surface area contributed by atoms with Gasteiger partial charge in [0.2, 0.25) is 0 Å². The fourth-order valence-corrected chi connectivity index (χ4v) is 1.69. The van der Waals surface area contributed by atoms with Crippen molar-refractivity contribution in [2.75, 3.05) is 11.9 Å². The molecule has 118 valence electrons. The van der Waals surface area contributed by atoms with Gasteiger partial charge in [0.05, 0.1) is 21.5 Å². The van der Waals surface area contributed by atoms with Crippen molar-refractivity contribution in [1.82, 2.24) is 0 Å². The lowest BCUT2D eigenvalue weighted by atomic mass is 10.1. The Hall–Kier alpha value is -2.90. The largest absolute Gasteiger partial charge is 0.416 e. The van der Waals surface area contributed by atoms with Crippen molar-refractivity contribution in [3.63, 3.8) is 0 Å². The lowest BCUT2D eigenvalue weighted by Crippen LogP contribution is -2.29. The summed E-state index contributed by atoms with van der Waals surface area (Å²) in [5.74, 6) is 0. The quantitative estimate of drug-likeness (QED) is 0.623. The van der Waals surface area contributed by atoms with Gasteiger partial charge >= 0.3 is 6.18 Å². The molecule has 1 atom stereocenters. The van der Waals surface area contributed by atoms with Gasteiger partial charge in [0.1, 0.15) is 6.04 Å². The number of hydrogen-bond donors (Lipinski definition) is 0. The number of nitrogens with zero attached hydrogens (tertiary/aromatic N) is 4. The zero-order valence-corrected chi connectivity index (χ0v) is 11.3. The minimum atomic E-state index is -4.98. The van der Waals surface area contributed by atoms with Crippen LogP contribution >= 0.6 is 0 Å². The fraction of sp³-hybridized carbons (Fsp3) is 0.364. The molecular formula is C11H9F3N4O4. The molecule has 0 saturated carbocycles. The van der Waals surface area contributed by atoms with Gasteiger partial charge in [-0.05, 0) is 6.92 Å². The molecule has 22 heavy (non-hydrogen) atoms. The van der Waals surface area contributed by atoms with Gasteiger partial charge in [0.15, 0.2) is 5.69 Å². The van der Waals surface area contributed by atoms with Crippen molar-refractivity contribution >= 4 is 17.1 Å². The van der Waals surface area contributed by atoms with Gasteiger partial charge in [0.25, 0.3) is 11.4 Å². The predicted molar refractivity (Wildman–Crippen MR) is 68.2 cm³/mol. The maximum Gasteiger partial charge on any atom is 0.416 e. The lowest BCUT2D eigenvalue weighted by Gasteiger charge is -2.21. The summed E-state index contributed by atoms with van der Waals surface area (Å²) in [5, 5.41) is 30.8. The van der Waals surface area contributed by atoms with Crippen molar-refractivity contribution in [2.24, 2.45) is 0 Å². The van der Waals surface area contributed by atoms with Crippen molar-refractivity contribution in [3.8, 4) is 6.07 Å². The topological polar surface area (TPSA) is 113 Å². The summed E-state index contributed by atoms with van der Waals surface area (Å²) in [6, 6.07) is 1.10. The monoisotopic (exact) mass is 318 g/mol. The fourth-order valence-electron chi connectivity index (χ4n) is 1.69. The highest BCUT2D eigenvalue weighted by Crippen LogP contribution is 2.43. The SMILES string of the molecule is CC(C#N)N(C)c1c([N+](=O)[O-])cc(C(F)(F)F)cc1[N+](=O)[O-]. The summed E-state index contributed by atoms with van der Waals surface area (Å²) in [7, 11) is 1.15. The Balaban J connectivity index is 3.77. The van der Waals surface area contributed by atoms with Crippen LogP contribution in [0.25, 0.3) is 0 Å². The number of halogens is 3. The number of nitriles is 1. The number of anilines is 1. The molecule has 1 aromatic carbocycles. The molecule has 0 aliphatic carbocycles. The van der Waals surface area contributed by atoms with Crippen LogP contribution in [0.4, 0.5) is 30.2 Å². The molecule has 0 fully saturated rings. The predicted octanol–water partition coefficient (Wildman–Crippen LogP) is 2.87. The van der Waals surface area contributed by atoms with Gasteiger partial charge in [-0.25, -0.2) is 0 Å². The van der Waals surface area contributed by atoms with Gasteiger partial charge in [-0.1, -0.05) is 0 Å². The first kappa shape index (κ1) is 17.2. The van der Waals surface area contributed by atoms with Crippen molar-refractivity contribution in [2.45, 2.75) is 19.1 Å². The van der Waals surface area contributed by atoms with Crippen LogP contribution in [-0.2, 0) is 6.18 Å². The Kier molecular flexibility index (Phi) is 4.55. The van der Waals surface area contributed by atoms with E-state index in [-0.39, 0.29) is 12.1 Å². The second kappa shape index (κ2) is 5.84. The van der Waals surface area contributed by atoms with E-state index in [2.05, 4.69) is 0 Å². The van der Waals surface area contributed by atoms with E-state index in [1.807, 2.05) is 0 Å². The third-order valence-corrected chi connectivity index (χ3v) is 2.91. The Labute approximate surface area is 121 Å². The Morgan fingerprint density at radius 3 is 1.91 bits per heavy atom. The summed E-state index contributed by atoms with van der Waals surface area (Å²) in [5.41, 5.74) is -4.35. The second-order valence-corrected chi connectivity index (χ2v) is 4.29. The highest BCUT2D eigenvalue weighted by atomic mass is 19.4. The van der Waals surface area contributed by atoms with Crippen molar-refractivity contribution in [3.05, 3.63) is 37.9 Å². The molecule has 0 heterocycles. The maximum absolute atomic E-state index is 12.7. The van der Waals surface area contributed by atoms with E-state index < -0.39 is 44.7 Å². The smallest absolute Gasteiger partial charge is 0.348 e. The number of alkyl halides is 3. The van der Waals surface area contributed by atoms with E-state index in [1.54, 1.807) is 6.07 Å². The highest BCUT2D eigenvalue weighted by molar-refractivity contribution is 5.76. The van der Waals surface area contributed by atoms with E-state index in [4.69, 9.17) is 5.26 Å². The second-order valence-electron chi connectivity index (χ2n) is 4.29. The van der Waals surface area contributed by atoms with Crippen LogP contribution in [0.2, 0.25) is 0 Å². The molecular weight excluding hydrogens is 309 g/mol. The molecule has 0 bridgehead atoms. The summed E-state index contributed by atoms with van der Waals surface area (Å²) in [4.78, 5) is 20.6. The summed E-state index contributed by atoms with van der Waals surface area (Å²) in [6.07, 6.45) is -4.98. The highest BCUT2D eigenvalue weighted by Gasteiger charge is 2.39. The minimum absolute atomic E-state index is 0.211. The molecule has 1 unspecified atom stereocenters. The maximum atomic E-state index is 12.7. The molecule has 0 aliphatic rings. The van der Waals surface area contributed by atoms with Crippen LogP contribution in [0.5, 0.6) is 0 Å². The van der Waals surface area contributed by atoms with Crippen molar-refractivity contribution < 1.29 is 23.0 Å². The van der Waals surface area contributed by atoms with E-state index in [0.717, 1.165) is 11.9 Å². The first-order chi connectivity index (χ1) is 10.0. The summed E-state index contributed by atoms with van der Waals surface area (Å²) < 4.78 is 38.2. The van der Waals surface area contributed by atoms with Crippen LogP contribution in [-0.4, -0.2) is 22.9 Å². The Bertz CT molecular complexity index is 633. The standard InChI is InChI=1S/C11H9F3N4O4/c1-6(5-15)16(2)10-8(17(19)20)3-7(11(12,13)14)4-9(10)18(21)22/h3-4,6H,1-2H3. The molecule has 0 aliphatic heterocycles. The molecule has 1 rings (SSSR count). The molecule has 0 amide bonds. The van der Waals surface area contributed by atoms with Crippen LogP contribution in [0.3, 0.4) is 0 Å². The molecule has 0 radical (unpaired) electrons. The van der Waals surface area contributed by atoms with Gasteiger partial charge in [0, 0.05) is 19.2 Å². The van der Waals surface area contributed by atoms with E-state index in [1.165, 1.54) is 6.92 Å². The zero-order valence-electron chi connectivity index (χ0n) is 11.3. The minimum Gasteiger partial charge on any atom is -0.348 e. The molecule has 8 nitrogen and oxygen atoms in total. The normalized spacial score (nSPS) is 12.4. The molecule has 1 aromatic rings. The molecule has 0 aromatic heterocycles.